The summed E-state index contributed by atoms with van der Waals surface area (Å²) in [4.78, 5) is 37.8. The molecule has 0 aromatic carbocycles. The number of hydrogen-bond donors (Lipinski definition) is 0. The molecule has 0 aromatic heterocycles. The van der Waals surface area contributed by atoms with Crippen LogP contribution in [0.4, 0.5) is 0 Å². The summed E-state index contributed by atoms with van der Waals surface area (Å²) in [7, 11) is 0. The summed E-state index contributed by atoms with van der Waals surface area (Å²) in [5.74, 6) is -0.934. The Bertz CT molecular complexity index is 1490. The van der Waals surface area contributed by atoms with E-state index in [2.05, 4.69) is 142 Å². The first-order valence-corrected chi connectivity index (χ1v) is 28.5. The second-order valence-electron chi connectivity index (χ2n) is 18.5. The minimum atomic E-state index is -0.790. The van der Waals surface area contributed by atoms with Gasteiger partial charge in [0.25, 0.3) is 0 Å². The normalized spacial score (nSPS) is 13.0. The lowest BCUT2D eigenvalue weighted by Gasteiger charge is -2.18. The number of esters is 3. The summed E-state index contributed by atoms with van der Waals surface area (Å²) < 4.78 is 16.7. The molecule has 0 spiro atoms. The van der Waals surface area contributed by atoms with E-state index in [4.69, 9.17) is 14.2 Å². The molecule has 70 heavy (non-hydrogen) atoms. The third-order valence-electron chi connectivity index (χ3n) is 11.7. The van der Waals surface area contributed by atoms with E-state index in [1.807, 2.05) is 0 Å². The summed E-state index contributed by atoms with van der Waals surface area (Å²) in [5, 5.41) is 0. The zero-order valence-corrected chi connectivity index (χ0v) is 45.2. The summed E-state index contributed by atoms with van der Waals surface area (Å²) in [6.07, 6.45) is 79.3. The van der Waals surface area contributed by atoms with Crippen molar-refractivity contribution in [1.82, 2.24) is 0 Å². The highest BCUT2D eigenvalue weighted by Crippen LogP contribution is 2.13. The topological polar surface area (TPSA) is 78.9 Å². The number of allylic oxidation sites excluding steroid dienone is 20. The van der Waals surface area contributed by atoms with Gasteiger partial charge >= 0.3 is 17.9 Å². The Balaban J connectivity index is 4.18. The van der Waals surface area contributed by atoms with Crippen LogP contribution in [0.3, 0.4) is 0 Å². The third kappa shape index (κ3) is 54.7. The van der Waals surface area contributed by atoms with Crippen LogP contribution in [-0.2, 0) is 28.6 Å². The van der Waals surface area contributed by atoms with Crippen LogP contribution < -0.4 is 0 Å². The second kappa shape index (κ2) is 57.4. The maximum absolute atomic E-state index is 12.8. The van der Waals surface area contributed by atoms with E-state index in [9.17, 15) is 14.4 Å². The number of rotatable bonds is 50. The van der Waals surface area contributed by atoms with E-state index in [-0.39, 0.29) is 31.1 Å². The van der Waals surface area contributed by atoms with Crippen LogP contribution in [-0.4, -0.2) is 37.2 Å². The van der Waals surface area contributed by atoms with Gasteiger partial charge in [-0.05, 0) is 116 Å². The first-order valence-electron chi connectivity index (χ1n) is 28.5. The summed E-state index contributed by atoms with van der Waals surface area (Å²) in [5.41, 5.74) is 0. The molecule has 0 heterocycles. The van der Waals surface area contributed by atoms with Crippen LogP contribution in [0.25, 0.3) is 0 Å². The smallest absolute Gasteiger partial charge is 0.306 e. The van der Waals surface area contributed by atoms with E-state index in [0.29, 0.717) is 19.3 Å². The molecule has 0 saturated carbocycles. The van der Waals surface area contributed by atoms with Gasteiger partial charge in [-0.1, -0.05) is 232 Å². The Morgan fingerprint density at radius 2 is 0.557 bits per heavy atom. The van der Waals surface area contributed by atoms with E-state index in [0.717, 1.165) is 148 Å². The highest BCUT2D eigenvalue weighted by molar-refractivity contribution is 5.71. The monoisotopic (exact) mass is 969 g/mol. The molecule has 1 atom stereocenters. The van der Waals surface area contributed by atoms with Gasteiger partial charge in [-0.15, -0.1) is 0 Å². The van der Waals surface area contributed by atoms with Crippen molar-refractivity contribution in [3.63, 3.8) is 0 Å². The van der Waals surface area contributed by atoms with Gasteiger partial charge in [-0.25, -0.2) is 0 Å². The van der Waals surface area contributed by atoms with Crippen LogP contribution in [0.5, 0.6) is 0 Å². The molecule has 0 saturated heterocycles. The highest BCUT2D eigenvalue weighted by Gasteiger charge is 2.19. The van der Waals surface area contributed by atoms with Gasteiger partial charge in [0.05, 0.1) is 0 Å². The third-order valence-corrected chi connectivity index (χ3v) is 11.7. The zero-order chi connectivity index (χ0) is 50.7. The fraction of sp³-hybridized carbons (Fsp3) is 0.641. The highest BCUT2D eigenvalue weighted by atomic mass is 16.6. The average molecular weight is 970 g/mol. The molecule has 0 rings (SSSR count). The molecule has 6 heteroatoms. The molecule has 0 aromatic rings. The lowest BCUT2D eigenvalue weighted by molar-refractivity contribution is -0.167. The standard InChI is InChI=1S/C64H104O6/c1-4-7-10-13-16-18-20-22-24-25-26-27-28-29-30-31-32-33-34-35-36-37-38-39-41-42-44-46-48-51-54-57-63(66)69-60-61(59-68-62(65)56-53-50-15-12-9-6-3)70-64(67)58-55-52-49-47-45-43-40-23-21-19-17-14-11-8-5-2/h7,10,16-19,22-24,26-27,29-30,32-33,35-36,38-40,61H,4-6,8-9,11-15,20-21,25,28,31,34,37,41-60H2,1-3H3/b10-7-,18-16-,19-17-,24-22-,27-26-,30-29-,33-32-,36-35-,39-38-,40-23-. The number of ether oxygens (including phenoxy) is 3. The van der Waals surface area contributed by atoms with Gasteiger partial charge in [0, 0.05) is 19.3 Å². The SMILES string of the molecule is CC/C=C\C/C=C\C/C=C\C/C=C\C/C=C\C/C=C\C/C=C\C/C=C\CCCCCCCCC(=O)OCC(COC(=O)CCCCCCCC)OC(=O)CCCCCCC/C=C\C/C=C\CCCCC. The minimum Gasteiger partial charge on any atom is -0.462 e. The molecule has 396 valence electrons. The molecule has 0 fully saturated rings. The predicted octanol–water partition coefficient (Wildman–Crippen LogP) is 19.3. The van der Waals surface area contributed by atoms with Crippen molar-refractivity contribution in [1.29, 1.82) is 0 Å². The van der Waals surface area contributed by atoms with Crippen molar-refractivity contribution < 1.29 is 28.6 Å². The van der Waals surface area contributed by atoms with Crippen LogP contribution in [0.15, 0.2) is 122 Å². The number of carbonyl (C=O) groups excluding carboxylic acids is 3. The molecular weight excluding hydrogens is 865 g/mol. The Morgan fingerprint density at radius 3 is 0.900 bits per heavy atom. The maximum Gasteiger partial charge on any atom is 0.306 e. The fourth-order valence-electron chi connectivity index (χ4n) is 7.43. The fourth-order valence-corrected chi connectivity index (χ4v) is 7.43. The van der Waals surface area contributed by atoms with E-state index in [1.54, 1.807) is 0 Å². The van der Waals surface area contributed by atoms with Crippen LogP contribution >= 0.6 is 0 Å². The lowest BCUT2D eigenvalue weighted by Crippen LogP contribution is -2.30. The molecule has 6 nitrogen and oxygen atoms in total. The van der Waals surface area contributed by atoms with E-state index >= 15 is 0 Å². The first kappa shape index (κ1) is 65.8. The summed E-state index contributed by atoms with van der Waals surface area (Å²) in [6.45, 7) is 6.40. The van der Waals surface area contributed by atoms with Crippen LogP contribution in [0, 0.1) is 0 Å². The molecule has 0 bridgehead atoms. The van der Waals surface area contributed by atoms with Crippen molar-refractivity contribution in [2.45, 2.75) is 252 Å². The van der Waals surface area contributed by atoms with Gasteiger partial charge in [-0.2, -0.15) is 0 Å². The molecule has 0 aliphatic rings. The van der Waals surface area contributed by atoms with Gasteiger partial charge in [0.2, 0.25) is 0 Å². The Hall–Kier alpha value is -4.19. The Morgan fingerprint density at radius 1 is 0.300 bits per heavy atom. The first-order chi connectivity index (χ1) is 34.5. The van der Waals surface area contributed by atoms with Gasteiger partial charge in [0.15, 0.2) is 6.10 Å². The summed E-state index contributed by atoms with van der Waals surface area (Å²) >= 11 is 0. The minimum absolute atomic E-state index is 0.0905. The van der Waals surface area contributed by atoms with Gasteiger partial charge in [0.1, 0.15) is 13.2 Å². The Kier molecular flexibility index (Phi) is 54.0. The summed E-state index contributed by atoms with van der Waals surface area (Å²) in [6, 6.07) is 0. The maximum atomic E-state index is 12.8. The number of unbranched alkanes of at least 4 members (excludes halogenated alkanes) is 19. The van der Waals surface area contributed by atoms with Crippen molar-refractivity contribution in [2.24, 2.45) is 0 Å². The molecule has 0 amide bonds. The van der Waals surface area contributed by atoms with E-state index in [1.165, 1.54) is 57.8 Å². The van der Waals surface area contributed by atoms with Crippen LogP contribution in [0.1, 0.15) is 245 Å². The largest absolute Gasteiger partial charge is 0.462 e. The molecule has 0 N–H and O–H groups in total. The zero-order valence-electron chi connectivity index (χ0n) is 45.2. The lowest BCUT2D eigenvalue weighted by atomic mass is 10.1. The molecule has 1 unspecified atom stereocenters. The molecule has 0 aliphatic heterocycles. The number of hydrogen-bond acceptors (Lipinski definition) is 6. The van der Waals surface area contributed by atoms with Crippen molar-refractivity contribution in [3.8, 4) is 0 Å². The quantitative estimate of drug-likeness (QED) is 0.0262. The Labute approximate surface area is 431 Å². The van der Waals surface area contributed by atoms with Gasteiger partial charge in [-0.3, -0.25) is 14.4 Å². The van der Waals surface area contributed by atoms with Crippen LogP contribution in [0.2, 0.25) is 0 Å². The molecule has 0 aliphatic carbocycles. The number of carbonyl (C=O) groups is 3. The van der Waals surface area contributed by atoms with Crippen molar-refractivity contribution >= 4 is 17.9 Å². The van der Waals surface area contributed by atoms with E-state index < -0.39 is 6.10 Å². The van der Waals surface area contributed by atoms with Crippen molar-refractivity contribution in [2.75, 3.05) is 13.2 Å². The van der Waals surface area contributed by atoms with Crippen molar-refractivity contribution in [3.05, 3.63) is 122 Å². The average Bonchev–Trinajstić information content (AvgIpc) is 3.36. The molecule has 0 radical (unpaired) electrons. The molecular formula is C64H104O6. The van der Waals surface area contributed by atoms with Gasteiger partial charge < -0.3 is 14.2 Å². The second-order valence-corrected chi connectivity index (χ2v) is 18.5. The predicted molar refractivity (Wildman–Crippen MR) is 302 cm³/mol.